The minimum Gasteiger partial charge on any atom is -0.488 e. The number of halogens is 1. The van der Waals surface area contributed by atoms with Gasteiger partial charge in [-0.25, -0.2) is 4.79 Å². The number of thiocarbonyl (C=S) groups is 1. The van der Waals surface area contributed by atoms with E-state index in [1.165, 1.54) is 7.11 Å². The van der Waals surface area contributed by atoms with E-state index in [0.29, 0.717) is 23.0 Å². The summed E-state index contributed by atoms with van der Waals surface area (Å²) in [5.41, 5.74) is 3.13. The SMILES string of the molecule is COC(=O)C1=C(C)NC(=S)N[C@@H]1c1ccc(OCc2ccccc2)c(Br)c1. The Labute approximate surface area is 171 Å². The molecule has 0 aromatic heterocycles. The van der Waals surface area contributed by atoms with Crippen LogP contribution < -0.4 is 15.4 Å². The summed E-state index contributed by atoms with van der Waals surface area (Å²) >= 11 is 8.80. The second-order valence-electron chi connectivity index (χ2n) is 6.03. The molecule has 1 aliphatic heterocycles. The summed E-state index contributed by atoms with van der Waals surface area (Å²) in [6.07, 6.45) is 0. The van der Waals surface area contributed by atoms with Crippen molar-refractivity contribution in [3.05, 3.63) is 75.4 Å². The van der Waals surface area contributed by atoms with Gasteiger partial charge < -0.3 is 20.1 Å². The predicted octanol–water partition coefficient (Wildman–Crippen LogP) is 3.99. The Morgan fingerprint density at radius 1 is 1.22 bits per heavy atom. The molecule has 5 nitrogen and oxygen atoms in total. The fourth-order valence-corrected chi connectivity index (χ4v) is 3.66. The van der Waals surface area contributed by atoms with Crippen molar-refractivity contribution in [3.63, 3.8) is 0 Å². The first-order valence-corrected chi connectivity index (χ1v) is 9.52. The van der Waals surface area contributed by atoms with Crippen molar-refractivity contribution < 1.29 is 14.3 Å². The lowest BCUT2D eigenvalue weighted by atomic mass is 9.95. The zero-order chi connectivity index (χ0) is 19.4. The quantitative estimate of drug-likeness (QED) is 0.534. The largest absolute Gasteiger partial charge is 0.488 e. The molecule has 2 aromatic carbocycles. The minimum atomic E-state index is -0.402. The highest BCUT2D eigenvalue weighted by Crippen LogP contribution is 2.33. The zero-order valence-electron chi connectivity index (χ0n) is 14.9. The molecule has 1 aliphatic rings. The maximum atomic E-state index is 12.2. The molecule has 0 bridgehead atoms. The van der Waals surface area contributed by atoms with Crippen molar-refractivity contribution in [1.82, 2.24) is 10.6 Å². The summed E-state index contributed by atoms with van der Waals surface area (Å²) in [6, 6.07) is 15.3. The number of hydrogen-bond acceptors (Lipinski definition) is 4. The van der Waals surface area contributed by atoms with E-state index in [0.717, 1.165) is 21.3 Å². The fraction of sp³-hybridized carbons (Fsp3) is 0.200. The van der Waals surface area contributed by atoms with Crippen LogP contribution in [0.25, 0.3) is 0 Å². The van der Waals surface area contributed by atoms with Crippen molar-refractivity contribution in [2.45, 2.75) is 19.6 Å². The molecule has 1 heterocycles. The topological polar surface area (TPSA) is 59.6 Å². The molecular formula is C20H19BrN2O3S. The standard InChI is InChI=1S/C20H19BrN2O3S/c1-12-17(19(24)25-2)18(23-20(27)22-12)14-8-9-16(15(21)10-14)26-11-13-6-4-3-5-7-13/h3-10,18H,11H2,1-2H3,(H2,22,23,27)/t18-/m1/s1. The second kappa shape index (κ2) is 8.54. The highest BCUT2D eigenvalue weighted by Gasteiger charge is 2.30. The summed E-state index contributed by atoms with van der Waals surface area (Å²) < 4.78 is 11.6. The van der Waals surface area contributed by atoms with Crippen LogP contribution in [0.15, 0.2) is 64.3 Å². The lowest BCUT2D eigenvalue weighted by Gasteiger charge is -2.29. The van der Waals surface area contributed by atoms with Gasteiger partial charge in [0.2, 0.25) is 0 Å². The number of ether oxygens (including phenoxy) is 2. The highest BCUT2D eigenvalue weighted by atomic mass is 79.9. The highest BCUT2D eigenvalue weighted by molar-refractivity contribution is 9.10. The molecule has 0 amide bonds. The number of methoxy groups -OCH3 is 1. The number of esters is 1. The predicted molar refractivity (Wildman–Crippen MR) is 111 cm³/mol. The average Bonchev–Trinajstić information content (AvgIpc) is 2.66. The molecule has 0 unspecified atom stereocenters. The Balaban J connectivity index is 1.84. The van der Waals surface area contributed by atoms with E-state index in [-0.39, 0.29) is 0 Å². The van der Waals surface area contributed by atoms with Crippen molar-refractivity contribution in [2.24, 2.45) is 0 Å². The molecular weight excluding hydrogens is 428 g/mol. The van der Waals surface area contributed by atoms with E-state index in [4.69, 9.17) is 21.7 Å². The van der Waals surface area contributed by atoms with Crippen LogP contribution in [0.4, 0.5) is 0 Å². The Morgan fingerprint density at radius 3 is 2.63 bits per heavy atom. The normalized spacial score (nSPS) is 16.4. The molecule has 0 spiro atoms. The molecule has 0 saturated carbocycles. The van der Waals surface area contributed by atoms with E-state index in [1.54, 1.807) is 6.92 Å². The molecule has 140 valence electrons. The van der Waals surface area contributed by atoms with Crippen LogP contribution >= 0.6 is 28.1 Å². The number of carbonyl (C=O) groups is 1. The van der Waals surface area contributed by atoms with E-state index in [2.05, 4.69) is 26.6 Å². The van der Waals surface area contributed by atoms with Crippen molar-refractivity contribution in [1.29, 1.82) is 0 Å². The summed E-state index contributed by atoms with van der Waals surface area (Å²) in [5.74, 6) is 0.319. The fourth-order valence-electron chi connectivity index (χ4n) is 2.87. The van der Waals surface area contributed by atoms with E-state index < -0.39 is 12.0 Å². The molecule has 1 atom stereocenters. The van der Waals surface area contributed by atoms with Gasteiger partial charge in [-0.15, -0.1) is 0 Å². The average molecular weight is 447 g/mol. The van der Waals surface area contributed by atoms with Crippen molar-refractivity contribution >= 4 is 39.2 Å². The summed E-state index contributed by atoms with van der Waals surface area (Å²) in [5, 5.41) is 6.57. The number of hydrogen-bond donors (Lipinski definition) is 2. The number of benzene rings is 2. The molecule has 7 heteroatoms. The van der Waals surface area contributed by atoms with Crippen LogP contribution in [0.5, 0.6) is 5.75 Å². The van der Waals surface area contributed by atoms with E-state index in [9.17, 15) is 4.79 Å². The lowest BCUT2D eigenvalue weighted by molar-refractivity contribution is -0.136. The number of rotatable bonds is 5. The van der Waals surface area contributed by atoms with Gasteiger partial charge in [-0.2, -0.15) is 0 Å². The Bertz CT molecular complexity index is 899. The van der Waals surface area contributed by atoms with Gasteiger partial charge in [0.25, 0.3) is 0 Å². The van der Waals surface area contributed by atoms with Gasteiger partial charge in [-0.05, 0) is 58.3 Å². The molecule has 0 aliphatic carbocycles. The van der Waals surface area contributed by atoms with Crippen LogP contribution in [0, 0.1) is 0 Å². The van der Waals surface area contributed by atoms with Crippen LogP contribution in [0.1, 0.15) is 24.1 Å². The maximum absolute atomic E-state index is 12.2. The van der Waals surface area contributed by atoms with Crippen molar-refractivity contribution in [3.8, 4) is 5.75 Å². The van der Waals surface area contributed by atoms with Crippen LogP contribution in [-0.2, 0) is 16.1 Å². The molecule has 27 heavy (non-hydrogen) atoms. The van der Waals surface area contributed by atoms with Gasteiger partial charge in [0.1, 0.15) is 12.4 Å². The Hall–Kier alpha value is -2.38. The monoisotopic (exact) mass is 446 g/mol. The number of nitrogens with one attached hydrogen (secondary N) is 2. The molecule has 0 saturated heterocycles. The van der Waals surface area contributed by atoms with Crippen LogP contribution in [0.3, 0.4) is 0 Å². The van der Waals surface area contributed by atoms with Gasteiger partial charge in [0.15, 0.2) is 5.11 Å². The maximum Gasteiger partial charge on any atom is 0.337 e. The van der Waals surface area contributed by atoms with E-state index >= 15 is 0 Å². The van der Waals surface area contributed by atoms with Gasteiger partial charge >= 0.3 is 5.97 Å². The molecule has 3 rings (SSSR count). The smallest absolute Gasteiger partial charge is 0.337 e. The zero-order valence-corrected chi connectivity index (χ0v) is 17.3. The third kappa shape index (κ3) is 4.48. The Morgan fingerprint density at radius 2 is 1.96 bits per heavy atom. The van der Waals surface area contributed by atoms with E-state index in [1.807, 2.05) is 48.5 Å². The Kier molecular flexibility index (Phi) is 6.13. The van der Waals surface area contributed by atoms with Gasteiger partial charge in [0.05, 0.1) is 23.2 Å². The third-order valence-corrected chi connectivity index (χ3v) is 5.04. The van der Waals surface area contributed by atoms with Gasteiger partial charge in [-0.1, -0.05) is 36.4 Å². The molecule has 2 aromatic rings. The number of carbonyl (C=O) groups excluding carboxylic acids is 1. The third-order valence-electron chi connectivity index (χ3n) is 4.20. The number of allylic oxidation sites excluding steroid dienone is 1. The van der Waals surface area contributed by atoms with Crippen LogP contribution in [0.2, 0.25) is 0 Å². The van der Waals surface area contributed by atoms with Crippen LogP contribution in [-0.4, -0.2) is 18.2 Å². The van der Waals surface area contributed by atoms with Crippen molar-refractivity contribution in [2.75, 3.05) is 7.11 Å². The molecule has 0 fully saturated rings. The minimum absolute atomic E-state index is 0.398. The summed E-state index contributed by atoms with van der Waals surface area (Å²) in [7, 11) is 1.36. The van der Waals surface area contributed by atoms with Gasteiger partial charge in [-0.3, -0.25) is 0 Å². The summed E-state index contributed by atoms with van der Waals surface area (Å²) in [4.78, 5) is 12.2. The first kappa shape index (κ1) is 19.4. The first-order valence-electron chi connectivity index (χ1n) is 8.32. The first-order chi connectivity index (χ1) is 13.0. The molecule has 2 N–H and O–H groups in total. The van der Waals surface area contributed by atoms with Gasteiger partial charge in [0, 0.05) is 5.70 Å². The summed E-state index contributed by atoms with van der Waals surface area (Å²) in [6.45, 7) is 2.28. The molecule has 0 radical (unpaired) electrons. The lowest BCUT2D eigenvalue weighted by Crippen LogP contribution is -2.45. The second-order valence-corrected chi connectivity index (χ2v) is 7.29.